The Morgan fingerprint density at radius 2 is 1.71 bits per heavy atom. The Labute approximate surface area is 124 Å². The summed E-state index contributed by atoms with van der Waals surface area (Å²) in [6, 6.07) is 12.9. The van der Waals surface area contributed by atoms with Crippen molar-refractivity contribution in [3.05, 3.63) is 53.6 Å². The summed E-state index contributed by atoms with van der Waals surface area (Å²) in [5.74, 6) is 0.976. The molecule has 0 saturated heterocycles. The van der Waals surface area contributed by atoms with Crippen molar-refractivity contribution in [3.8, 4) is 11.5 Å². The van der Waals surface area contributed by atoms with Crippen molar-refractivity contribution < 1.29 is 14.3 Å². The molecule has 0 aliphatic carbocycles. The summed E-state index contributed by atoms with van der Waals surface area (Å²) in [5.41, 5.74) is 2.45. The fourth-order valence-electron chi connectivity index (χ4n) is 2.01. The molecule has 0 radical (unpaired) electrons. The molecule has 0 heterocycles. The third-order valence-corrected chi connectivity index (χ3v) is 3.21. The maximum atomic E-state index is 12.3. The first kappa shape index (κ1) is 14.9. The van der Waals surface area contributed by atoms with Gasteiger partial charge in [-0.2, -0.15) is 0 Å². The van der Waals surface area contributed by atoms with Crippen molar-refractivity contribution in [2.45, 2.75) is 13.3 Å². The predicted octanol–water partition coefficient (Wildman–Crippen LogP) is 3.52. The van der Waals surface area contributed by atoms with Crippen LogP contribution in [0.15, 0.2) is 42.5 Å². The lowest BCUT2D eigenvalue weighted by Gasteiger charge is -2.10. The van der Waals surface area contributed by atoms with Gasteiger partial charge in [0.2, 0.25) is 0 Å². The summed E-state index contributed by atoms with van der Waals surface area (Å²) in [4.78, 5) is 12.3. The van der Waals surface area contributed by atoms with Crippen LogP contribution in [-0.4, -0.2) is 20.1 Å². The zero-order valence-electron chi connectivity index (χ0n) is 12.5. The number of hydrogen-bond donors (Lipinski definition) is 1. The molecule has 0 aromatic heterocycles. The fourth-order valence-corrected chi connectivity index (χ4v) is 2.01. The van der Waals surface area contributed by atoms with Gasteiger partial charge in [-0.1, -0.05) is 19.1 Å². The number of carbonyl (C=O) groups excluding carboxylic acids is 1. The van der Waals surface area contributed by atoms with Gasteiger partial charge in [0.25, 0.3) is 5.91 Å². The van der Waals surface area contributed by atoms with Gasteiger partial charge in [0.1, 0.15) is 11.5 Å². The molecule has 0 saturated carbocycles. The van der Waals surface area contributed by atoms with Crippen LogP contribution < -0.4 is 14.8 Å². The quantitative estimate of drug-likeness (QED) is 0.914. The summed E-state index contributed by atoms with van der Waals surface area (Å²) in [6.07, 6.45) is 0.927. The van der Waals surface area contributed by atoms with E-state index < -0.39 is 0 Å². The zero-order valence-corrected chi connectivity index (χ0v) is 12.5. The second-order valence-electron chi connectivity index (χ2n) is 4.61. The summed E-state index contributed by atoms with van der Waals surface area (Å²) in [5, 5.41) is 2.89. The first-order chi connectivity index (χ1) is 10.2. The molecule has 4 nitrogen and oxygen atoms in total. The Balaban J connectivity index is 2.23. The molecule has 0 spiro atoms. The molecule has 1 N–H and O–H groups in total. The average molecular weight is 285 g/mol. The van der Waals surface area contributed by atoms with E-state index in [0.717, 1.165) is 12.1 Å². The molecular formula is C17H19NO3. The molecule has 0 bridgehead atoms. The second-order valence-corrected chi connectivity index (χ2v) is 4.61. The Morgan fingerprint density at radius 3 is 2.29 bits per heavy atom. The van der Waals surface area contributed by atoms with E-state index in [0.29, 0.717) is 17.1 Å². The number of ether oxygens (including phenoxy) is 2. The lowest BCUT2D eigenvalue weighted by molar-refractivity contribution is 0.102. The molecule has 1 amide bonds. The van der Waals surface area contributed by atoms with E-state index in [9.17, 15) is 4.79 Å². The SMILES string of the molecule is CCc1cccc(NC(=O)c2cc(OC)cc(OC)c2)c1. The maximum absolute atomic E-state index is 12.3. The highest BCUT2D eigenvalue weighted by Gasteiger charge is 2.10. The molecule has 21 heavy (non-hydrogen) atoms. The van der Waals surface area contributed by atoms with Crippen LogP contribution in [0.2, 0.25) is 0 Å². The van der Waals surface area contributed by atoms with Crippen molar-refractivity contribution >= 4 is 11.6 Å². The second kappa shape index (κ2) is 6.79. The fraction of sp³-hybridized carbons (Fsp3) is 0.235. The van der Waals surface area contributed by atoms with Gasteiger partial charge < -0.3 is 14.8 Å². The summed E-state index contributed by atoms with van der Waals surface area (Å²) in [6.45, 7) is 2.08. The normalized spacial score (nSPS) is 10.0. The Bertz CT molecular complexity index is 615. The van der Waals surface area contributed by atoms with Gasteiger partial charge in [0.15, 0.2) is 0 Å². The van der Waals surface area contributed by atoms with Gasteiger partial charge in [-0.25, -0.2) is 0 Å². The van der Waals surface area contributed by atoms with Gasteiger partial charge in [-0.05, 0) is 36.2 Å². The summed E-state index contributed by atoms with van der Waals surface area (Å²) >= 11 is 0. The van der Waals surface area contributed by atoms with E-state index in [1.807, 2.05) is 24.3 Å². The van der Waals surface area contributed by atoms with E-state index >= 15 is 0 Å². The van der Waals surface area contributed by atoms with Gasteiger partial charge >= 0.3 is 0 Å². The predicted molar refractivity (Wildman–Crippen MR) is 83.3 cm³/mol. The number of anilines is 1. The van der Waals surface area contributed by atoms with Crippen LogP contribution in [0.3, 0.4) is 0 Å². The number of carbonyl (C=O) groups is 1. The van der Waals surface area contributed by atoms with Crippen molar-refractivity contribution in [2.75, 3.05) is 19.5 Å². The van der Waals surface area contributed by atoms with Crippen molar-refractivity contribution in [1.29, 1.82) is 0 Å². The van der Waals surface area contributed by atoms with Gasteiger partial charge in [0, 0.05) is 17.3 Å². The largest absolute Gasteiger partial charge is 0.497 e. The van der Waals surface area contributed by atoms with Crippen molar-refractivity contribution in [3.63, 3.8) is 0 Å². The van der Waals surface area contributed by atoms with Gasteiger partial charge in [-0.3, -0.25) is 4.79 Å². The standard InChI is InChI=1S/C17H19NO3/c1-4-12-6-5-7-14(8-12)18-17(19)13-9-15(20-2)11-16(10-13)21-3/h5-11H,4H2,1-3H3,(H,18,19). The number of benzene rings is 2. The number of aryl methyl sites for hydroxylation is 1. The molecule has 110 valence electrons. The third kappa shape index (κ3) is 3.75. The smallest absolute Gasteiger partial charge is 0.255 e. The Kier molecular flexibility index (Phi) is 4.82. The minimum absolute atomic E-state index is 0.194. The van der Waals surface area contributed by atoms with Crippen LogP contribution >= 0.6 is 0 Å². The van der Waals surface area contributed by atoms with E-state index in [4.69, 9.17) is 9.47 Å². The highest BCUT2D eigenvalue weighted by Crippen LogP contribution is 2.23. The van der Waals surface area contributed by atoms with E-state index in [-0.39, 0.29) is 5.91 Å². The van der Waals surface area contributed by atoms with E-state index in [1.165, 1.54) is 5.56 Å². The summed E-state index contributed by atoms with van der Waals surface area (Å²) < 4.78 is 10.3. The molecule has 0 atom stereocenters. The van der Waals surface area contributed by atoms with Gasteiger partial charge in [0.05, 0.1) is 14.2 Å². The molecule has 0 aliphatic heterocycles. The zero-order chi connectivity index (χ0) is 15.2. The molecule has 0 unspecified atom stereocenters. The van der Waals surface area contributed by atoms with E-state index in [2.05, 4.69) is 12.2 Å². The van der Waals surface area contributed by atoms with Crippen LogP contribution in [0.5, 0.6) is 11.5 Å². The maximum Gasteiger partial charge on any atom is 0.255 e. The molecule has 4 heteroatoms. The minimum atomic E-state index is -0.194. The highest BCUT2D eigenvalue weighted by molar-refractivity contribution is 6.04. The van der Waals surface area contributed by atoms with Crippen LogP contribution in [-0.2, 0) is 6.42 Å². The molecule has 2 aromatic rings. The molecule has 2 rings (SSSR count). The third-order valence-electron chi connectivity index (χ3n) is 3.21. The number of nitrogens with one attached hydrogen (secondary N) is 1. The lowest BCUT2D eigenvalue weighted by Crippen LogP contribution is -2.12. The van der Waals surface area contributed by atoms with Crippen LogP contribution in [0.4, 0.5) is 5.69 Å². The van der Waals surface area contributed by atoms with E-state index in [1.54, 1.807) is 32.4 Å². The molecule has 0 aliphatic rings. The first-order valence-electron chi connectivity index (χ1n) is 6.79. The molecule has 2 aromatic carbocycles. The van der Waals surface area contributed by atoms with Crippen LogP contribution in [0, 0.1) is 0 Å². The Hall–Kier alpha value is -2.49. The monoisotopic (exact) mass is 285 g/mol. The highest BCUT2D eigenvalue weighted by atomic mass is 16.5. The topological polar surface area (TPSA) is 47.6 Å². The van der Waals surface area contributed by atoms with Crippen LogP contribution in [0.1, 0.15) is 22.8 Å². The van der Waals surface area contributed by atoms with Gasteiger partial charge in [-0.15, -0.1) is 0 Å². The van der Waals surface area contributed by atoms with Crippen molar-refractivity contribution in [2.24, 2.45) is 0 Å². The minimum Gasteiger partial charge on any atom is -0.497 e. The van der Waals surface area contributed by atoms with Crippen molar-refractivity contribution in [1.82, 2.24) is 0 Å². The lowest BCUT2D eigenvalue weighted by atomic mass is 10.1. The number of methoxy groups -OCH3 is 2. The average Bonchev–Trinajstić information content (AvgIpc) is 2.54. The molecular weight excluding hydrogens is 266 g/mol. The number of hydrogen-bond acceptors (Lipinski definition) is 3. The number of amides is 1. The van der Waals surface area contributed by atoms with Crippen LogP contribution in [0.25, 0.3) is 0 Å². The first-order valence-corrected chi connectivity index (χ1v) is 6.79. The number of rotatable bonds is 5. The summed E-state index contributed by atoms with van der Waals surface area (Å²) in [7, 11) is 3.11. The molecule has 0 fully saturated rings. The Morgan fingerprint density at radius 1 is 1.05 bits per heavy atom.